The van der Waals surface area contributed by atoms with E-state index in [2.05, 4.69) is 21.5 Å². The highest BCUT2D eigenvalue weighted by Crippen LogP contribution is 2.32. The van der Waals surface area contributed by atoms with E-state index in [1.807, 2.05) is 0 Å². The number of H-pyrrole nitrogens is 1. The van der Waals surface area contributed by atoms with Crippen LogP contribution in [0.3, 0.4) is 0 Å². The smallest absolute Gasteiger partial charge is 0.267 e. The van der Waals surface area contributed by atoms with Gasteiger partial charge in [-0.05, 0) is 55.7 Å². The Balaban J connectivity index is 1.44. The summed E-state index contributed by atoms with van der Waals surface area (Å²) >= 11 is 0. The quantitative estimate of drug-likeness (QED) is 0.492. The number of halogens is 1. The van der Waals surface area contributed by atoms with E-state index < -0.39 is 17.3 Å². The highest BCUT2D eigenvalue weighted by atomic mass is 19.1. The molecule has 1 aliphatic rings. The number of aromatic amines is 1. The van der Waals surface area contributed by atoms with Crippen LogP contribution in [0.25, 0.3) is 10.9 Å². The van der Waals surface area contributed by atoms with Crippen LogP contribution in [0.1, 0.15) is 45.7 Å². The van der Waals surface area contributed by atoms with Crippen molar-refractivity contribution in [1.82, 2.24) is 15.6 Å². The van der Waals surface area contributed by atoms with Crippen molar-refractivity contribution in [2.75, 3.05) is 6.54 Å². The minimum Gasteiger partial charge on any atom is -0.507 e. The van der Waals surface area contributed by atoms with Crippen molar-refractivity contribution in [2.45, 2.75) is 24.8 Å². The zero-order chi connectivity index (χ0) is 21.3. The maximum absolute atomic E-state index is 14.2. The first-order valence-electron chi connectivity index (χ1n) is 9.58. The number of aromatic nitrogens is 1. The van der Waals surface area contributed by atoms with E-state index in [0.29, 0.717) is 35.0 Å². The van der Waals surface area contributed by atoms with E-state index in [4.69, 9.17) is 6.42 Å². The fraction of sp³-hybridized carbons (Fsp3) is 0.217. The standard InChI is InChI=1S/C23H20FN3O3/c1-2-14-7-8-15(17(24)11-14)21(29)27-23(9-4-10-23)13-25-22(30)19-12-16-18(26-19)5-3-6-20(16)28/h1,3,5-8,11-12,26,28H,4,9-10,13H2,(H,25,30)(H,27,29). The summed E-state index contributed by atoms with van der Waals surface area (Å²) in [6, 6.07) is 10.6. The van der Waals surface area contributed by atoms with Gasteiger partial charge in [0.25, 0.3) is 11.8 Å². The first kappa shape index (κ1) is 19.5. The summed E-state index contributed by atoms with van der Waals surface area (Å²) in [7, 11) is 0. The number of amides is 2. The number of carbonyl (C=O) groups excluding carboxylic acids is 2. The van der Waals surface area contributed by atoms with E-state index in [9.17, 15) is 19.1 Å². The van der Waals surface area contributed by atoms with Crippen molar-refractivity contribution in [3.05, 3.63) is 65.1 Å². The number of fused-ring (bicyclic) bond motifs is 1. The number of carbonyl (C=O) groups is 2. The fourth-order valence-electron chi connectivity index (χ4n) is 3.65. The zero-order valence-electron chi connectivity index (χ0n) is 16.1. The van der Waals surface area contributed by atoms with E-state index in [1.54, 1.807) is 24.3 Å². The number of aromatic hydroxyl groups is 1. The fourth-order valence-corrected chi connectivity index (χ4v) is 3.65. The molecule has 1 saturated carbocycles. The topological polar surface area (TPSA) is 94.2 Å². The van der Waals surface area contributed by atoms with Gasteiger partial charge in [-0.25, -0.2) is 4.39 Å². The lowest BCUT2D eigenvalue weighted by Crippen LogP contribution is -2.60. The lowest BCUT2D eigenvalue weighted by Gasteiger charge is -2.42. The summed E-state index contributed by atoms with van der Waals surface area (Å²) < 4.78 is 14.2. The normalized spacial score (nSPS) is 14.5. The second-order valence-corrected chi connectivity index (χ2v) is 7.53. The van der Waals surface area contributed by atoms with Crippen LogP contribution in [-0.4, -0.2) is 34.0 Å². The van der Waals surface area contributed by atoms with Gasteiger partial charge in [0.15, 0.2) is 0 Å². The summed E-state index contributed by atoms with van der Waals surface area (Å²) in [4.78, 5) is 28.1. The molecule has 0 bridgehead atoms. The molecule has 30 heavy (non-hydrogen) atoms. The van der Waals surface area contributed by atoms with Gasteiger partial charge in [-0.15, -0.1) is 6.42 Å². The number of phenolic OH excluding ortho intramolecular Hbond substituents is 1. The zero-order valence-corrected chi connectivity index (χ0v) is 16.1. The highest BCUT2D eigenvalue weighted by molar-refractivity contribution is 5.99. The minimum absolute atomic E-state index is 0.0855. The van der Waals surface area contributed by atoms with E-state index in [0.717, 1.165) is 12.5 Å². The molecule has 1 aliphatic carbocycles. The average molecular weight is 405 g/mol. The Labute approximate surface area is 172 Å². The van der Waals surface area contributed by atoms with Crippen LogP contribution >= 0.6 is 0 Å². The molecule has 0 atom stereocenters. The number of phenols is 1. The van der Waals surface area contributed by atoms with Gasteiger partial charge in [-0.2, -0.15) is 0 Å². The van der Waals surface area contributed by atoms with Gasteiger partial charge in [0.05, 0.1) is 11.1 Å². The molecule has 0 unspecified atom stereocenters. The average Bonchev–Trinajstić information content (AvgIpc) is 3.15. The molecule has 0 radical (unpaired) electrons. The first-order valence-corrected chi connectivity index (χ1v) is 9.58. The van der Waals surface area contributed by atoms with Gasteiger partial charge >= 0.3 is 0 Å². The van der Waals surface area contributed by atoms with Gasteiger partial charge in [0, 0.05) is 23.0 Å². The monoisotopic (exact) mass is 405 g/mol. The molecule has 2 aromatic carbocycles. The Hall–Kier alpha value is -3.79. The van der Waals surface area contributed by atoms with E-state index in [1.165, 1.54) is 12.1 Å². The molecule has 0 saturated heterocycles. The summed E-state index contributed by atoms with van der Waals surface area (Å²) in [5.41, 5.74) is 0.607. The van der Waals surface area contributed by atoms with E-state index in [-0.39, 0.29) is 23.8 Å². The molecule has 7 heteroatoms. The molecule has 1 fully saturated rings. The summed E-state index contributed by atoms with van der Waals surface area (Å²) in [6.45, 7) is 0.211. The Morgan fingerprint density at radius 1 is 1.20 bits per heavy atom. The maximum atomic E-state index is 14.2. The Morgan fingerprint density at radius 3 is 2.63 bits per heavy atom. The summed E-state index contributed by atoms with van der Waals surface area (Å²) in [6.07, 6.45) is 7.50. The lowest BCUT2D eigenvalue weighted by atomic mass is 9.76. The Morgan fingerprint density at radius 2 is 2.00 bits per heavy atom. The van der Waals surface area contributed by atoms with Gasteiger partial charge in [0.2, 0.25) is 0 Å². The van der Waals surface area contributed by atoms with Crippen molar-refractivity contribution >= 4 is 22.7 Å². The summed E-state index contributed by atoms with van der Waals surface area (Å²) in [5.74, 6) is 0.841. The number of rotatable bonds is 5. The molecule has 1 aromatic heterocycles. The van der Waals surface area contributed by atoms with Crippen LogP contribution < -0.4 is 10.6 Å². The van der Waals surface area contributed by atoms with Crippen LogP contribution in [0, 0.1) is 18.2 Å². The van der Waals surface area contributed by atoms with Crippen LogP contribution in [-0.2, 0) is 0 Å². The predicted molar refractivity (Wildman–Crippen MR) is 111 cm³/mol. The molecule has 1 heterocycles. The molecule has 0 aliphatic heterocycles. The molecule has 152 valence electrons. The Bertz CT molecular complexity index is 1190. The SMILES string of the molecule is C#Cc1ccc(C(=O)NC2(CNC(=O)c3cc4c(O)cccc4[nH]3)CCC2)c(F)c1. The van der Waals surface area contributed by atoms with Crippen LogP contribution in [0.4, 0.5) is 4.39 Å². The molecule has 4 rings (SSSR count). The van der Waals surface area contributed by atoms with Gasteiger partial charge in [-0.3, -0.25) is 9.59 Å². The second kappa shape index (κ2) is 7.56. The highest BCUT2D eigenvalue weighted by Gasteiger charge is 2.39. The van der Waals surface area contributed by atoms with Crippen molar-refractivity contribution in [2.24, 2.45) is 0 Å². The number of benzene rings is 2. The van der Waals surface area contributed by atoms with E-state index >= 15 is 0 Å². The van der Waals surface area contributed by atoms with Crippen molar-refractivity contribution in [3.8, 4) is 18.1 Å². The molecular formula is C23H20FN3O3. The van der Waals surface area contributed by atoms with Crippen LogP contribution in [0.15, 0.2) is 42.5 Å². The number of terminal acetylenes is 1. The molecule has 6 nitrogen and oxygen atoms in total. The first-order chi connectivity index (χ1) is 14.4. The van der Waals surface area contributed by atoms with Crippen molar-refractivity contribution in [1.29, 1.82) is 0 Å². The number of nitrogens with one attached hydrogen (secondary N) is 3. The minimum atomic E-state index is -0.681. The molecule has 3 aromatic rings. The molecule has 2 amide bonds. The largest absolute Gasteiger partial charge is 0.507 e. The molecule has 4 N–H and O–H groups in total. The second-order valence-electron chi connectivity index (χ2n) is 7.53. The lowest BCUT2D eigenvalue weighted by molar-refractivity contribution is 0.0784. The third-order valence-corrected chi connectivity index (χ3v) is 5.54. The van der Waals surface area contributed by atoms with Crippen molar-refractivity contribution < 1.29 is 19.1 Å². The molecular weight excluding hydrogens is 385 g/mol. The number of hydrogen-bond acceptors (Lipinski definition) is 3. The van der Waals surface area contributed by atoms with Gasteiger partial charge in [0.1, 0.15) is 17.3 Å². The van der Waals surface area contributed by atoms with Gasteiger partial charge < -0.3 is 20.7 Å². The number of hydrogen-bond donors (Lipinski definition) is 4. The third kappa shape index (κ3) is 3.60. The Kier molecular flexibility index (Phi) is 4.92. The molecule has 0 spiro atoms. The predicted octanol–water partition coefficient (Wildman–Crippen LogP) is 3.08. The maximum Gasteiger partial charge on any atom is 0.267 e. The van der Waals surface area contributed by atoms with Gasteiger partial charge in [-0.1, -0.05) is 12.0 Å². The summed E-state index contributed by atoms with van der Waals surface area (Å²) in [5, 5.41) is 16.1. The van der Waals surface area contributed by atoms with Crippen LogP contribution in [0.5, 0.6) is 5.75 Å². The third-order valence-electron chi connectivity index (χ3n) is 5.54. The van der Waals surface area contributed by atoms with Crippen LogP contribution in [0.2, 0.25) is 0 Å². The van der Waals surface area contributed by atoms with Crippen molar-refractivity contribution in [3.63, 3.8) is 0 Å².